The molecular formula is C16H20ClN2O3+. The number of amides is 1. The first-order chi connectivity index (χ1) is 10.6. The third-order valence-electron chi connectivity index (χ3n) is 4.50. The molecule has 1 N–H and O–H groups in total. The molecule has 1 aromatic carbocycles. The SMILES string of the molecule is COc1ccc(Cl)c2c1N(CC[NH+]1CCCCC1)C(=O)C2=O. The Hall–Kier alpha value is -1.59. The Kier molecular flexibility index (Phi) is 4.36. The molecule has 0 radical (unpaired) electrons. The quantitative estimate of drug-likeness (QED) is 0.839. The smallest absolute Gasteiger partial charge is 0.299 e. The van der Waals surface area contributed by atoms with Crippen LogP contribution in [0, 0.1) is 0 Å². The summed E-state index contributed by atoms with van der Waals surface area (Å²) in [5.74, 6) is -0.516. The van der Waals surface area contributed by atoms with Crippen LogP contribution in [-0.4, -0.2) is 45.0 Å². The summed E-state index contributed by atoms with van der Waals surface area (Å²) < 4.78 is 5.32. The summed E-state index contributed by atoms with van der Waals surface area (Å²) in [5, 5.41) is 0.307. The van der Waals surface area contributed by atoms with Crippen molar-refractivity contribution in [2.45, 2.75) is 19.3 Å². The van der Waals surface area contributed by atoms with Gasteiger partial charge in [-0.05, 0) is 31.4 Å². The monoisotopic (exact) mass is 323 g/mol. The van der Waals surface area contributed by atoms with E-state index in [2.05, 4.69) is 0 Å². The van der Waals surface area contributed by atoms with Gasteiger partial charge in [0.25, 0.3) is 11.7 Å². The van der Waals surface area contributed by atoms with Crippen LogP contribution in [0.5, 0.6) is 5.75 Å². The number of halogens is 1. The minimum Gasteiger partial charge on any atom is -0.495 e. The van der Waals surface area contributed by atoms with Crippen LogP contribution < -0.4 is 14.5 Å². The van der Waals surface area contributed by atoms with Gasteiger partial charge in [-0.15, -0.1) is 0 Å². The van der Waals surface area contributed by atoms with Gasteiger partial charge in [-0.1, -0.05) is 11.6 Å². The molecule has 2 heterocycles. The molecule has 0 aliphatic carbocycles. The lowest BCUT2D eigenvalue weighted by Gasteiger charge is -2.26. The van der Waals surface area contributed by atoms with Gasteiger partial charge in [0, 0.05) is 0 Å². The summed E-state index contributed by atoms with van der Waals surface area (Å²) in [4.78, 5) is 27.5. The van der Waals surface area contributed by atoms with E-state index in [1.165, 1.54) is 36.2 Å². The number of piperidine rings is 1. The molecule has 0 spiro atoms. The highest BCUT2D eigenvalue weighted by atomic mass is 35.5. The summed E-state index contributed by atoms with van der Waals surface area (Å²) in [7, 11) is 1.53. The molecule has 22 heavy (non-hydrogen) atoms. The third kappa shape index (κ3) is 2.59. The van der Waals surface area contributed by atoms with Crippen molar-refractivity contribution in [3.63, 3.8) is 0 Å². The largest absolute Gasteiger partial charge is 0.495 e. The number of likely N-dealkylation sites (tertiary alicyclic amines) is 1. The lowest BCUT2D eigenvalue weighted by Crippen LogP contribution is -3.13. The minimum absolute atomic E-state index is 0.277. The number of ketones is 1. The third-order valence-corrected chi connectivity index (χ3v) is 4.81. The average molecular weight is 324 g/mol. The van der Waals surface area contributed by atoms with Gasteiger partial charge in [0.1, 0.15) is 5.75 Å². The Morgan fingerprint density at radius 1 is 1.23 bits per heavy atom. The normalized spacial score (nSPS) is 18.7. The molecule has 2 aliphatic heterocycles. The predicted octanol–water partition coefficient (Wildman–Crippen LogP) is 0.947. The van der Waals surface area contributed by atoms with Gasteiger partial charge in [-0.2, -0.15) is 0 Å². The number of hydrogen-bond acceptors (Lipinski definition) is 3. The number of anilines is 1. The number of quaternary nitrogens is 1. The molecule has 0 bridgehead atoms. The maximum atomic E-state index is 12.3. The van der Waals surface area contributed by atoms with Crippen molar-refractivity contribution >= 4 is 29.0 Å². The molecule has 1 fully saturated rings. The van der Waals surface area contributed by atoms with Crippen LogP contribution in [0.25, 0.3) is 0 Å². The number of carbonyl (C=O) groups excluding carboxylic acids is 2. The standard InChI is InChI=1S/C16H19ClN2O3/c1-22-12-6-5-11(17)13-14(12)19(16(21)15(13)20)10-9-18-7-3-2-4-8-18/h5-6H,2-4,7-10H2,1H3/p+1. The molecule has 5 nitrogen and oxygen atoms in total. The van der Waals surface area contributed by atoms with Crippen LogP contribution in [0.4, 0.5) is 5.69 Å². The van der Waals surface area contributed by atoms with Crippen molar-refractivity contribution in [3.8, 4) is 5.75 Å². The van der Waals surface area contributed by atoms with E-state index in [9.17, 15) is 9.59 Å². The van der Waals surface area contributed by atoms with E-state index in [1.807, 2.05) is 0 Å². The van der Waals surface area contributed by atoms with E-state index < -0.39 is 11.7 Å². The molecule has 2 aliphatic rings. The summed E-state index contributed by atoms with van der Waals surface area (Å²) in [6.07, 6.45) is 3.75. The van der Waals surface area contributed by atoms with Crippen LogP contribution in [0.15, 0.2) is 12.1 Å². The Morgan fingerprint density at radius 2 is 1.95 bits per heavy atom. The van der Waals surface area contributed by atoms with Gasteiger partial charge in [0.05, 0.1) is 49.6 Å². The molecule has 1 saturated heterocycles. The number of fused-ring (bicyclic) bond motifs is 1. The molecular weight excluding hydrogens is 304 g/mol. The highest BCUT2D eigenvalue weighted by Crippen LogP contribution is 2.41. The predicted molar refractivity (Wildman–Crippen MR) is 84.1 cm³/mol. The maximum Gasteiger partial charge on any atom is 0.299 e. The first-order valence-corrected chi connectivity index (χ1v) is 8.07. The fourth-order valence-electron chi connectivity index (χ4n) is 3.31. The Bertz CT molecular complexity index is 612. The van der Waals surface area contributed by atoms with Crippen LogP contribution in [0.1, 0.15) is 29.6 Å². The lowest BCUT2D eigenvalue weighted by atomic mass is 10.1. The number of ether oxygens (including phenoxy) is 1. The lowest BCUT2D eigenvalue weighted by molar-refractivity contribution is -0.903. The number of Topliss-reactive ketones (excluding diaryl/α,β-unsaturated/α-hetero) is 1. The van der Waals surface area contributed by atoms with E-state index in [4.69, 9.17) is 16.3 Å². The number of nitrogens with one attached hydrogen (secondary N) is 1. The van der Waals surface area contributed by atoms with E-state index in [0.717, 1.165) is 19.6 Å². The van der Waals surface area contributed by atoms with Gasteiger partial charge >= 0.3 is 0 Å². The Balaban J connectivity index is 1.85. The molecule has 1 amide bonds. The second kappa shape index (κ2) is 6.26. The zero-order chi connectivity index (χ0) is 15.7. The van der Waals surface area contributed by atoms with E-state index in [-0.39, 0.29) is 5.56 Å². The van der Waals surface area contributed by atoms with E-state index in [1.54, 1.807) is 12.1 Å². The zero-order valence-corrected chi connectivity index (χ0v) is 13.4. The highest BCUT2D eigenvalue weighted by molar-refractivity contribution is 6.55. The topological polar surface area (TPSA) is 51.1 Å². The van der Waals surface area contributed by atoms with Crippen molar-refractivity contribution < 1.29 is 19.2 Å². The van der Waals surface area contributed by atoms with Crippen molar-refractivity contribution in [1.29, 1.82) is 0 Å². The molecule has 118 valence electrons. The van der Waals surface area contributed by atoms with Crippen LogP contribution in [0.3, 0.4) is 0 Å². The second-order valence-corrected chi connectivity index (χ2v) is 6.23. The van der Waals surface area contributed by atoms with Crippen LogP contribution in [-0.2, 0) is 4.79 Å². The second-order valence-electron chi connectivity index (χ2n) is 5.82. The molecule has 0 unspecified atom stereocenters. The maximum absolute atomic E-state index is 12.3. The van der Waals surface area contributed by atoms with Gasteiger partial charge in [-0.25, -0.2) is 0 Å². The number of hydrogen-bond donors (Lipinski definition) is 1. The van der Waals surface area contributed by atoms with Crippen LogP contribution >= 0.6 is 11.6 Å². The number of carbonyl (C=O) groups is 2. The van der Waals surface area contributed by atoms with Crippen molar-refractivity contribution in [2.24, 2.45) is 0 Å². The summed E-state index contributed by atoms with van der Waals surface area (Å²) in [5.41, 5.74) is 0.807. The number of nitrogens with zero attached hydrogens (tertiary/aromatic N) is 1. The molecule has 0 saturated carbocycles. The van der Waals surface area contributed by atoms with E-state index >= 15 is 0 Å². The summed E-state index contributed by atoms with van der Waals surface area (Å²) >= 11 is 6.11. The summed E-state index contributed by atoms with van der Waals surface area (Å²) in [6.45, 7) is 3.63. The molecule has 0 aromatic heterocycles. The fraction of sp³-hybridized carbons (Fsp3) is 0.500. The van der Waals surface area contributed by atoms with Crippen molar-refractivity contribution in [2.75, 3.05) is 38.2 Å². The van der Waals surface area contributed by atoms with Crippen molar-refractivity contribution in [1.82, 2.24) is 0 Å². The van der Waals surface area contributed by atoms with Crippen LogP contribution in [0.2, 0.25) is 5.02 Å². The molecule has 6 heteroatoms. The highest BCUT2D eigenvalue weighted by Gasteiger charge is 2.40. The van der Waals surface area contributed by atoms with Crippen molar-refractivity contribution in [3.05, 3.63) is 22.7 Å². The Morgan fingerprint density at radius 3 is 2.64 bits per heavy atom. The van der Waals surface area contributed by atoms with Gasteiger partial charge < -0.3 is 9.64 Å². The number of benzene rings is 1. The number of rotatable bonds is 4. The minimum atomic E-state index is -0.535. The van der Waals surface area contributed by atoms with Gasteiger partial charge in [-0.3, -0.25) is 14.5 Å². The first kappa shape index (κ1) is 15.3. The average Bonchev–Trinajstić information content (AvgIpc) is 2.80. The fourth-order valence-corrected chi connectivity index (χ4v) is 3.55. The molecule has 1 aromatic rings. The number of methoxy groups -OCH3 is 1. The van der Waals surface area contributed by atoms with Gasteiger partial charge in [0.15, 0.2) is 0 Å². The Labute approximate surface area is 134 Å². The zero-order valence-electron chi connectivity index (χ0n) is 12.7. The first-order valence-electron chi connectivity index (χ1n) is 7.69. The molecule has 3 rings (SSSR count). The van der Waals surface area contributed by atoms with E-state index in [0.29, 0.717) is 23.0 Å². The summed E-state index contributed by atoms with van der Waals surface area (Å²) in [6, 6.07) is 3.30. The van der Waals surface area contributed by atoms with Gasteiger partial charge in [0.2, 0.25) is 0 Å². The molecule has 0 atom stereocenters.